The van der Waals surface area contributed by atoms with Gasteiger partial charge in [-0.15, -0.1) is 0 Å². The lowest BCUT2D eigenvalue weighted by atomic mass is 10.0. The van der Waals surface area contributed by atoms with Crippen molar-refractivity contribution in [3.63, 3.8) is 0 Å². The van der Waals surface area contributed by atoms with Crippen LogP contribution in [0.2, 0.25) is 0 Å². The van der Waals surface area contributed by atoms with E-state index in [1.165, 1.54) is 24.8 Å². The van der Waals surface area contributed by atoms with Crippen molar-refractivity contribution in [1.82, 2.24) is 5.32 Å². The molecule has 2 nitrogen and oxygen atoms in total. The minimum atomic E-state index is 0.478. The Hall–Kier alpha value is -0.860. The zero-order chi connectivity index (χ0) is 13.2. The van der Waals surface area contributed by atoms with Gasteiger partial charge in [0.05, 0.1) is 6.61 Å². The zero-order valence-corrected chi connectivity index (χ0v) is 12.0. The van der Waals surface area contributed by atoms with Gasteiger partial charge in [-0.1, -0.05) is 44.2 Å². The maximum absolute atomic E-state index is 5.23. The Kier molecular flexibility index (Phi) is 7.70. The van der Waals surface area contributed by atoms with Crippen LogP contribution in [-0.4, -0.2) is 26.3 Å². The van der Waals surface area contributed by atoms with E-state index in [1.807, 2.05) is 0 Å². The average molecular weight is 249 g/mol. The number of hydrogen-bond acceptors (Lipinski definition) is 2. The summed E-state index contributed by atoms with van der Waals surface area (Å²) in [6, 6.07) is 11.2. The number of ether oxygens (including phenoxy) is 1. The van der Waals surface area contributed by atoms with Crippen molar-refractivity contribution in [2.45, 2.75) is 39.2 Å². The molecule has 0 spiro atoms. The van der Waals surface area contributed by atoms with E-state index in [2.05, 4.69) is 49.5 Å². The van der Waals surface area contributed by atoms with Crippen LogP contribution in [0.1, 0.15) is 32.3 Å². The molecule has 2 heteroatoms. The Bertz CT molecular complexity index is 297. The normalized spacial score (nSPS) is 12.9. The van der Waals surface area contributed by atoms with Gasteiger partial charge in [0.2, 0.25) is 0 Å². The molecule has 0 saturated heterocycles. The van der Waals surface area contributed by atoms with Gasteiger partial charge in [0.15, 0.2) is 0 Å². The van der Waals surface area contributed by atoms with E-state index in [-0.39, 0.29) is 0 Å². The molecule has 1 aromatic rings. The molecule has 0 fully saturated rings. The summed E-state index contributed by atoms with van der Waals surface area (Å²) in [4.78, 5) is 0. The number of aryl methyl sites for hydroxylation is 1. The molecule has 0 radical (unpaired) electrons. The summed E-state index contributed by atoms with van der Waals surface area (Å²) < 4.78 is 5.23. The van der Waals surface area contributed by atoms with Crippen molar-refractivity contribution in [1.29, 1.82) is 0 Å². The first kappa shape index (κ1) is 15.2. The van der Waals surface area contributed by atoms with Crippen molar-refractivity contribution in [2.75, 3.05) is 20.3 Å². The molecule has 0 aromatic heterocycles. The molecule has 1 atom stereocenters. The molecule has 0 aliphatic carbocycles. The highest BCUT2D eigenvalue weighted by Crippen LogP contribution is 2.05. The summed E-state index contributed by atoms with van der Waals surface area (Å²) in [6.45, 7) is 6.36. The summed E-state index contributed by atoms with van der Waals surface area (Å²) in [7, 11) is 1.77. The predicted molar refractivity (Wildman–Crippen MR) is 77.9 cm³/mol. The fourth-order valence-corrected chi connectivity index (χ4v) is 2.05. The standard InChI is InChI=1S/C16H27NO/c1-14(2)16(13-18-3)17-12-8-7-11-15-9-5-4-6-10-15/h4-6,9-10,14,16-17H,7-8,11-13H2,1-3H3. The molecule has 0 saturated carbocycles. The maximum Gasteiger partial charge on any atom is 0.0618 e. The third-order valence-corrected chi connectivity index (χ3v) is 3.29. The van der Waals surface area contributed by atoms with Crippen LogP contribution in [0.4, 0.5) is 0 Å². The summed E-state index contributed by atoms with van der Waals surface area (Å²) in [6.07, 6.45) is 3.65. The Morgan fingerprint density at radius 1 is 1.11 bits per heavy atom. The van der Waals surface area contributed by atoms with Gasteiger partial charge in [0.25, 0.3) is 0 Å². The first-order valence-corrected chi connectivity index (χ1v) is 7.00. The molecular formula is C16H27NO. The van der Waals surface area contributed by atoms with Gasteiger partial charge in [0.1, 0.15) is 0 Å². The van der Waals surface area contributed by atoms with Crippen LogP contribution in [0.3, 0.4) is 0 Å². The Morgan fingerprint density at radius 3 is 2.44 bits per heavy atom. The minimum Gasteiger partial charge on any atom is -0.383 e. The van der Waals surface area contributed by atoms with E-state index in [0.29, 0.717) is 12.0 Å². The average Bonchev–Trinajstić information content (AvgIpc) is 2.38. The predicted octanol–water partition coefficient (Wildman–Crippen LogP) is 3.27. The summed E-state index contributed by atoms with van der Waals surface area (Å²) in [5, 5.41) is 3.58. The van der Waals surface area contributed by atoms with Crippen LogP contribution in [0.25, 0.3) is 0 Å². The van der Waals surface area contributed by atoms with Gasteiger partial charge in [-0.2, -0.15) is 0 Å². The minimum absolute atomic E-state index is 0.478. The molecule has 102 valence electrons. The fourth-order valence-electron chi connectivity index (χ4n) is 2.05. The molecule has 0 bridgehead atoms. The van der Waals surface area contributed by atoms with Gasteiger partial charge in [-0.3, -0.25) is 0 Å². The Labute approximate surface area is 112 Å². The number of hydrogen-bond donors (Lipinski definition) is 1. The first-order chi connectivity index (χ1) is 8.74. The summed E-state index contributed by atoms with van der Waals surface area (Å²) >= 11 is 0. The van der Waals surface area contributed by atoms with Crippen molar-refractivity contribution < 1.29 is 4.74 Å². The van der Waals surface area contributed by atoms with Crippen LogP contribution in [0.5, 0.6) is 0 Å². The van der Waals surface area contributed by atoms with Crippen molar-refractivity contribution in [3.8, 4) is 0 Å². The number of unbranched alkanes of at least 4 members (excludes halogenated alkanes) is 1. The first-order valence-electron chi connectivity index (χ1n) is 7.00. The lowest BCUT2D eigenvalue weighted by Gasteiger charge is -2.21. The molecule has 0 heterocycles. The van der Waals surface area contributed by atoms with Crippen molar-refractivity contribution in [2.24, 2.45) is 5.92 Å². The second-order valence-electron chi connectivity index (χ2n) is 5.20. The van der Waals surface area contributed by atoms with E-state index in [1.54, 1.807) is 7.11 Å². The molecule has 18 heavy (non-hydrogen) atoms. The number of nitrogens with one attached hydrogen (secondary N) is 1. The van der Waals surface area contributed by atoms with E-state index in [9.17, 15) is 0 Å². The molecule has 0 aliphatic heterocycles. The van der Waals surface area contributed by atoms with Crippen LogP contribution >= 0.6 is 0 Å². The smallest absolute Gasteiger partial charge is 0.0618 e. The summed E-state index contributed by atoms with van der Waals surface area (Å²) in [5.41, 5.74) is 1.44. The second-order valence-corrected chi connectivity index (χ2v) is 5.20. The van der Waals surface area contributed by atoms with Gasteiger partial charge >= 0.3 is 0 Å². The Balaban J connectivity index is 2.10. The van der Waals surface area contributed by atoms with Crippen LogP contribution < -0.4 is 5.32 Å². The van der Waals surface area contributed by atoms with E-state index in [0.717, 1.165) is 13.2 Å². The Morgan fingerprint density at radius 2 is 1.83 bits per heavy atom. The third kappa shape index (κ3) is 6.18. The van der Waals surface area contributed by atoms with Crippen molar-refractivity contribution in [3.05, 3.63) is 35.9 Å². The van der Waals surface area contributed by atoms with E-state index >= 15 is 0 Å². The lowest BCUT2D eigenvalue weighted by molar-refractivity contribution is 0.147. The highest BCUT2D eigenvalue weighted by atomic mass is 16.5. The monoisotopic (exact) mass is 249 g/mol. The maximum atomic E-state index is 5.23. The molecule has 0 aliphatic rings. The van der Waals surface area contributed by atoms with Gasteiger partial charge in [-0.05, 0) is 37.3 Å². The number of rotatable bonds is 9. The molecular weight excluding hydrogens is 222 g/mol. The SMILES string of the molecule is COCC(NCCCCc1ccccc1)C(C)C. The van der Waals surface area contributed by atoms with Crippen molar-refractivity contribution >= 4 is 0 Å². The van der Waals surface area contributed by atoms with Gasteiger partial charge in [-0.25, -0.2) is 0 Å². The molecule has 1 rings (SSSR count). The van der Waals surface area contributed by atoms with Crippen LogP contribution in [0, 0.1) is 5.92 Å². The number of benzene rings is 1. The largest absolute Gasteiger partial charge is 0.383 e. The lowest BCUT2D eigenvalue weighted by Crippen LogP contribution is -2.38. The second kappa shape index (κ2) is 9.12. The fraction of sp³-hybridized carbons (Fsp3) is 0.625. The van der Waals surface area contributed by atoms with E-state index in [4.69, 9.17) is 4.74 Å². The van der Waals surface area contributed by atoms with Crippen LogP contribution in [-0.2, 0) is 11.2 Å². The molecule has 1 N–H and O–H groups in total. The highest BCUT2D eigenvalue weighted by molar-refractivity contribution is 5.14. The topological polar surface area (TPSA) is 21.3 Å². The van der Waals surface area contributed by atoms with Gasteiger partial charge in [0, 0.05) is 13.2 Å². The summed E-state index contributed by atoms with van der Waals surface area (Å²) in [5.74, 6) is 0.624. The zero-order valence-electron chi connectivity index (χ0n) is 12.0. The number of methoxy groups -OCH3 is 1. The van der Waals surface area contributed by atoms with Gasteiger partial charge < -0.3 is 10.1 Å². The highest BCUT2D eigenvalue weighted by Gasteiger charge is 2.11. The molecule has 0 amide bonds. The van der Waals surface area contributed by atoms with Crippen LogP contribution in [0.15, 0.2) is 30.3 Å². The molecule has 1 aromatic carbocycles. The third-order valence-electron chi connectivity index (χ3n) is 3.29. The quantitative estimate of drug-likeness (QED) is 0.678. The van der Waals surface area contributed by atoms with E-state index < -0.39 is 0 Å². The molecule has 1 unspecified atom stereocenters.